The van der Waals surface area contributed by atoms with Crippen LogP contribution >= 0.6 is 0 Å². The normalized spacial score (nSPS) is 10.5. The first kappa shape index (κ1) is 17.5. The fraction of sp³-hybridized carbons (Fsp3) is 0.200. The third kappa shape index (κ3) is 4.22. The Morgan fingerprint density at radius 2 is 1.92 bits per heavy atom. The molecule has 6 heteroatoms. The van der Waals surface area contributed by atoms with Gasteiger partial charge in [-0.3, -0.25) is 9.59 Å². The Morgan fingerprint density at radius 3 is 2.73 bits per heavy atom. The van der Waals surface area contributed by atoms with Gasteiger partial charge in [0, 0.05) is 12.3 Å². The standard InChI is InChI=1S/C20H20N2O4/c1-2-13-25-17-8-4-3-7-16(17)21-20(24)18-11-10-15(26-18)14-22-12-6-5-9-19(22)23/h3-12H,2,13-14H2,1H3,(H,21,24). The zero-order valence-corrected chi connectivity index (χ0v) is 14.5. The summed E-state index contributed by atoms with van der Waals surface area (Å²) in [6, 6.07) is 15.5. The van der Waals surface area contributed by atoms with Crippen molar-refractivity contribution in [2.45, 2.75) is 19.9 Å². The lowest BCUT2D eigenvalue weighted by atomic mass is 10.3. The summed E-state index contributed by atoms with van der Waals surface area (Å²) in [6.07, 6.45) is 2.55. The summed E-state index contributed by atoms with van der Waals surface area (Å²) in [5.41, 5.74) is 0.458. The van der Waals surface area contributed by atoms with Crippen LogP contribution in [0.25, 0.3) is 0 Å². The van der Waals surface area contributed by atoms with E-state index in [4.69, 9.17) is 9.15 Å². The summed E-state index contributed by atoms with van der Waals surface area (Å²) in [5, 5.41) is 2.80. The molecule has 26 heavy (non-hydrogen) atoms. The van der Waals surface area contributed by atoms with Gasteiger partial charge in [-0.05, 0) is 36.8 Å². The van der Waals surface area contributed by atoms with E-state index in [0.717, 1.165) is 6.42 Å². The summed E-state index contributed by atoms with van der Waals surface area (Å²) in [5.74, 6) is 0.947. The average Bonchev–Trinajstić information content (AvgIpc) is 3.12. The third-order valence-corrected chi connectivity index (χ3v) is 3.71. The Morgan fingerprint density at radius 1 is 1.12 bits per heavy atom. The Labute approximate surface area is 151 Å². The van der Waals surface area contributed by atoms with Gasteiger partial charge in [0.05, 0.1) is 18.8 Å². The van der Waals surface area contributed by atoms with Gasteiger partial charge in [-0.2, -0.15) is 0 Å². The number of ether oxygens (including phenoxy) is 1. The van der Waals surface area contributed by atoms with Crippen molar-refractivity contribution < 1.29 is 13.9 Å². The molecule has 1 aromatic carbocycles. The molecule has 0 aliphatic heterocycles. The van der Waals surface area contributed by atoms with Crippen molar-refractivity contribution in [1.29, 1.82) is 0 Å². The number of nitrogens with one attached hydrogen (secondary N) is 1. The van der Waals surface area contributed by atoms with Gasteiger partial charge in [0.25, 0.3) is 11.5 Å². The first-order valence-electron chi connectivity index (χ1n) is 8.44. The van der Waals surface area contributed by atoms with E-state index in [9.17, 15) is 9.59 Å². The summed E-state index contributed by atoms with van der Waals surface area (Å²) in [7, 11) is 0. The topological polar surface area (TPSA) is 73.5 Å². The lowest BCUT2D eigenvalue weighted by molar-refractivity contribution is 0.0994. The predicted octanol–water partition coefficient (Wildman–Crippen LogP) is 3.53. The number of hydrogen-bond acceptors (Lipinski definition) is 4. The summed E-state index contributed by atoms with van der Waals surface area (Å²) in [6.45, 7) is 2.86. The highest BCUT2D eigenvalue weighted by Crippen LogP contribution is 2.24. The predicted molar refractivity (Wildman–Crippen MR) is 98.7 cm³/mol. The molecular weight excluding hydrogens is 332 g/mol. The summed E-state index contributed by atoms with van der Waals surface area (Å²) in [4.78, 5) is 24.2. The van der Waals surface area contributed by atoms with Crippen LogP contribution in [0.4, 0.5) is 5.69 Å². The van der Waals surface area contributed by atoms with E-state index in [-0.39, 0.29) is 23.8 Å². The Bertz CT molecular complexity index is 942. The molecule has 0 bridgehead atoms. The summed E-state index contributed by atoms with van der Waals surface area (Å²) >= 11 is 0. The maximum Gasteiger partial charge on any atom is 0.291 e. The number of nitrogens with zero attached hydrogens (tertiary/aromatic N) is 1. The molecule has 2 aromatic heterocycles. The number of amides is 1. The van der Waals surface area contributed by atoms with Gasteiger partial charge < -0.3 is 19.0 Å². The van der Waals surface area contributed by atoms with Gasteiger partial charge in [-0.15, -0.1) is 0 Å². The van der Waals surface area contributed by atoms with E-state index in [1.165, 1.54) is 10.6 Å². The van der Waals surface area contributed by atoms with Crippen molar-refractivity contribution in [1.82, 2.24) is 4.57 Å². The van der Waals surface area contributed by atoms with E-state index in [1.54, 1.807) is 42.6 Å². The molecule has 0 fully saturated rings. The van der Waals surface area contributed by atoms with Crippen molar-refractivity contribution in [2.24, 2.45) is 0 Å². The second kappa shape index (κ2) is 8.20. The molecule has 0 aliphatic rings. The molecule has 1 amide bonds. The first-order chi connectivity index (χ1) is 12.7. The van der Waals surface area contributed by atoms with E-state index in [1.807, 2.05) is 19.1 Å². The van der Waals surface area contributed by atoms with Crippen LogP contribution < -0.4 is 15.6 Å². The molecular formula is C20H20N2O4. The molecule has 0 spiro atoms. The van der Waals surface area contributed by atoms with Crippen LogP contribution in [-0.4, -0.2) is 17.1 Å². The minimum Gasteiger partial charge on any atom is -0.491 e. The molecule has 0 radical (unpaired) electrons. The van der Waals surface area contributed by atoms with Crippen LogP contribution in [0.3, 0.4) is 0 Å². The molecule has 2 heterocycles. The second-order valence-corrected chi connectivity index (χ2v) is 5.73. The number of benzene rings is 1. The molecule has 6 nitrogen and oxygen atoms in total. The Balaban J connectivity index is 1.71. The number of aromatic nitrogens is 1. The van der Waals surface area contributed by atoms with Gasteiger partial charge in [-0.1, -0.05) is 25.1 Å². The number of rotatable bonds is 7. The molecule has 1 N–H and O–H groups in total. The van der Waals surface area contributed by atoms with Gasteiger partial charge in [-0.25, -0.2) is 0 Å². The minimum atomic E-state index is -0.371. The largest absolute Gasteiger partial charge is 0.491 e. The fourth-order valence-corrected chi connectivity index (χ4v) is 2.44. The lowest BCUT2D eigenvalue weighted by Gasteiger charge is -2.11. The van der Waals surface area contributed by atoms with Crippen LogP contribution in [0.2, 0.25) is 0 Å². The Kier molecular flexibility index (Phi) is 5.53. The molecule has 0 unspecified atom stereocenters. The van der Waals surface area contributed by atoms with Crippen molar-refractivity contribution >= 4 is 11.6 Å². The van der Waals surface area contributed by atoms with Gasteiger partial charge in [0.15, 0.2) is 5.76 Å². The van der Waals surface area contributed by atoms with Crippen LogP contribution in [0.15, 0.2) is 70.0 Å². The number of carbonyl (C=O) groups excluding carboxylic acids is 1. The van der Waals surface area contributed by atoms with E-state index in [2.05, 4.69) is 5.32 Å². The van der Waals surface area contributed by atoms with E-state index < -0.39 is 0 Å². The maximum atomic E-state index is 12.4. The van der Waals surface area contributed by atoms with E-state index >= 15 is 0 Å². The minimum absolute atomic E-state index is 0.128. The zero-order chi connectivity index (χ0) is 18.4. The molecule has 3 rings (SSSR count). The number of pyridine rings is 1. The second-order valence-electron chi connectivity index (χ2n) is 5.73. The van der Waals surface area contributed by atoms with Crippen molar-refractivity contribution in [3.63, 3.8) is 0 Å². The molecule has 3 aromatic rings. The molecule has 0 saturated heterocycles. The molecule has 134 valence electrons. The third-order valence-electron chi connectivity index (χ3n) is 3.71. The average molecular weight is 352 g/mol. The highest BCUT2D eigenvalue weighted by Gasteiger charge is 2.14. The van der Waals surface area contributed by atoms with Crippen LogP contribution in [0, 0.1) is 0 Å². The highest BCUT2D eigenvalue weighted by molar-refractivity contribution is 6.03. The first-order valence-corrected chi connectivity index (χ1v) is 8.44. The highest BCUT2D eigenvalue weighted by atomic mass is 16.5. The number of hydrogen-bond donors (Lipinski definition) is 1. The number of furan rings is 1. The van der Waals surface area contributed by atoms with Crippen LogP contribution in [0.5, 0.6) is 5.75 Å². The fourth-order valence-electron chi connectivity index (χ4n) is 2.44. The molecule has 0 atom stereocenters. The van der Waals surface area contributed by atoms with Crippen molar-refractivity contribution in [2.75, 3.05) is 11.9 Å². The lowest BCUT2D eigenvalue weighted by Crippen LogP contribution is -2.18. The molecule has 0 aliphatic carbocycles. The quantitative estimate of drug-likeness (QED) is 0.706. The van der Waals surface area contributed by atoms with Crippen LogP contribution in [-0.2, 0) is 6.54 Å². The van der Waals surface area contributed by atoms with Gasteiger partial charge >= 0.3 is 0 Å². The monoisotopic (exact) mass is 352 g/mol. The zero-order valence-electron chi connectivity index (χ0n) is 14.5. The number of anilines is 1. The SMILES string of the molecule is CCCOc1ccccc1NC(=O)c1ccc(Cn2ccccc2=O)o1. The Hall–Kier alpha value is -3.28. The van der Waals surface area contributed by atoms with Gasteiger partial charge in [0.2, 0.25) is 0 Å². The number of para-hydroxylation sites is 2. The van der Waals surface area contributed by atoms with Crippen LogP contribution in [0.1, 0.15) is 29.7 Å². The summed E-state index contributed by atoms with van der Waals surface area (Å²) < 4.78 is 12.7. The van der Waals surface area contributed by atoms with Crippen molar-refractivity contribution in [3.05, 3.63) is 82.7 Å². The maximum absolute atomic E-state index is 12.4. The van der Waals surface area contributed by atoms with Gasteiger partial charge in [0.1, 0.15) is 11.5 Å². The smallest absolute Gasteiger partial charge is 0.291 e. The number of carbonyl (C=O) groups is 1. The van der Waals surface area contributed by atoms with E-state index in [0.29, 0.717) is 23.8 Å². The molecule has 0 saturated carbocycles. The van der Waals surface area contributed by atoms with Crippen molar-refractivity contribution in [3.8, 4) is 5.75 Å².